The van der Waals surface area contributed by atoms with E-state index in [2.05, 4.69) is 20.0 Å². The first-order valence-corrected chi connectivity index (χ1v) is 9.33. The summed E-state index contributed by atoms with van der Waals surface area (Å²) in [5.41, 5.74) is 0.945. The van der Waals surface area contributed by atoms with E-state index in [0.717, 1.165) is 18.4 Å². The minimum Gasteiger partial charge on any atom is -0.377 e. The monoisotopic (exact) mass is 348 g/mol. The number of sulfonamides is 1. The molecule has 0 unspecified atom stereocenters. The first-order chi connectivity index (χ1) is 11.6. The van der Waals surface area contributed by atoms with Gasteiger partial charge in [0.05, 0.1) is 11.0 Å². The molecule has 0 saturated carbocycles. The molecular weight excluding hydrogens is 328 g/mol. The summed E-state index contributed by atoms with van der Waals surface area (Å²) in [6.45, 7) is 1.55. The number of benzene rings is 1. The fraction of sp³-hybridized carbons (Fsp3) is 0.375. The van der Waals surface area contributed by atoms with Crippen LogP contribution >= 0.6 is 0 Å². The van der Waals surface area contributed by atoms with Crippen LogP contribution in [-0.2, 0) is 21.3 Å². The molecule has 0 spiro atoms. The summed E-state index contributed by atoms with van der Waals surface area (Å²) in [4.78, 5) is 8.40. The number of hydrogen-bond donors (Lipinski definition) is 2. The van der Waals surface area contributed by atoms with E-state index in [4.69, 9.17) is 4.74 Å². The number of nitrogens with zero attached hydrogens (tertiary/aromatic N) is 2. The third-order valence-electron chi connectivity index (χ3n) is 3.78. The number of aromatic nitrogens is 2. The van der Waals surface area contributed by atoms with Gasteiger partial charge < -0.3 is 10.1 Å². The van der Waals surface area contributed by atoms with Crippen LogP contribution in [0.3, 0.4) is 0 Å². The van der Waals surface area contributed by atoms with E-state index in [9.17, 15) is 8.42 Å². The summed E-state index contributed by atoms with van der Waals surface area (Å²) in [6.07, 6.45) is 5.18. The Morgan fingerprint density at radius 3 is 2.58 bits per heavy atom. The quantitative estimate of drug-likeness (QED) is 0.788. The zero-order chi connectivity index (χ0) is 16.8. The van der Waals surface area contributed by atoms with Crippen molar-refractivity contribution in [3.05, 3.63) is 48.3 Å². The van der Waals surface area contributed by atoms with Crippen LogP contribution in [0.4, 0.5) is 5.95 Å². The molecule has 8 heteroatoms. The number of hydrogen-bond acceptors (Lipinski definition) is 6. The molecule has 2 N–H and O–H groups in total. The lowest BCUT2D eigenvalue weighted by atomic mass is 10.2. The number of ether oxygens (including phenoxy) is 1. The van der Waals surface area contributed by atoms with Gasteiger partial charge in [-0.15, -0.1) is 0 Å². The fourth-order valence-corrected chi connectivity index (χ4v) is 3.52. The van der Waals surface area contributed by atoms with Crippen molar-refractivity contribution in [2.24, 2.45) is 0 Å². The van der Waals surface area contributed by atoms with Crippen molar-refractivity contribution in [1.29, 1.82) is 0 Å². The van der Waals surface area contributed by atoms with E-state index in [-0.39, 0.29) is 11.0 Å². The van der Waals surface area contributed by atoms with Crippen molar-refractivity contribution in [1.82, 2.24) is 14.7 Å². The highest BCUT2D eigenvalue weighted by Gasteiger charge is 2.20. The fourth-order valence-electron chi connectivity index (χ4n) is 2.45. The maximum atomic E-state index is 12.3. The van der Waals surface area contributed by atoms with Gasteiger partial charge in [0, 0.05) is 32.1 Å². The van der Waals surface area contributed by atoms with Gasteiger partial charge in [-0.05, 0) is 36.6 Å². The van der Waals surface area contributed by atoms with Crippen LogP contribution in [0, 0.1) is 0 Å². The average Bonchev–Trinajstić information content (AvgIpc) is 3.13. The molecule has 128 valence electrons. The molecule has 24 heavy (non-hydrogen) atoms. The molecule has 7 nitrogen and oxygen atoms in total. The van der Waals surface area contributed by atoms with Crippen LogP contribution in [0.1, 0.15) is 18.4 Å². The van der Waals surface area contributed by atoms with Crippen LogP contribution in [0.5, 0.6) is 0 Å². The molecule has 0 bridgehead atoms. The van der Waals surface area contributed by atoms with E-state index in [1.807, 2.05) is 0 Å². The smallest absolute Gasteiger partial charge is 0.240 e. The highest BCUT2D eigenvalue weighted by Crippen LogP contribution is 2.14. The molecule has 1 aromatic carbocycles. The Morgan fingerprint density at radius 2 is 1.92 bits per heavy atom. The van der Waals surface area contributed by atoms with Gasteiger partial charge in [0.15, 0.2) is 0 Å². The Morgan fingerprint density at radius 1 is 1.17 bits per heavy atom. The summed E-state index contributed by atoms with van der Waals surface area (Å²) in [5, 5.41) is 3.08. The maximum Gasteiger partial charge on any atom is 0.240 e. The minimum absolute atomic E-state index is 0.0193. The minimum atomic E-state index is -3.51. The summed E-state index contributed by atoms with van der Waals surface area (Å²) < 4.78 is 32.6. The second-order valence-electron chi connectivity index (χ2n) is 5.56. The van der Waals surface area contributed by atoms with Crippen molar-refractivity contribution in [2.45, 2.75) is 30.4 Å². The second-order valence-corrected chi connectivity index (χ2v) is 7.32. The molecule has 0 aliphatic carbocycles. The Bertz CT molecular complexity index is 745. The van der Waals surface area contributed by atoms with Crippen LogP contribution in [0.15, 0.2) is 47.6 Å². The van der Waals surface area contributed by atoms with Crippen molar-refractivity contribution >= 4 is 16.0 Å². The Kier molecular flexibility index (Phi) is 5.39. The van der Waals surface area contributed by atoms with Crippen molar-refractivity contribution in [2.75, 3.05) is 18.5 Å². The molecule has 1 atom stereocenters. The molecule has 0 radical (unpaired) electrons. The van der Waals surface area contributed by atoms with Gasteiger partial charge in [0.25, 0.3) is 0 Å². The summed E-state index contributed by atoms with van der Waals surface area (Å²) in [7, 11) is -3.51. The molecule has 1 aliphatic rings. The maximum absolute atomic E-state index is 12.3. The highest BCUT2D eigenvalue weighted by molar-refractivity contribution is 7.89. The van der Waals surface area contributed by atoms with Gasteiger partial charge in [-0.25, -0.2) is 23.1 Å². The highest BCUT2D eigenvalue weighted by atomic mass is 32.2. The lowest BCUT2D eigenvalue weighted by Gasteiger charge is -2.12. The number of nitrogens with one attached hydrogen (secondary N) is 2. The van der Waals surface area contributed by atoms with Crippen molar-refractivity contribution in [3.8, 4) is 0 Å². The SMILES string of the molecule is O=S(=O)(NC[C@@H]1CCCO1)c1ccc(CNc2ncccn2)cc1. The topological polar surface area (TPSA) is 93.2 Å². The largest absolute Gasteiger partial charge is 0.377 e. The zero-order valence-corrected chi connectivity index (χ0v) is 14.0. The molecule has 1 saturated heterocycles. The molecule has 1 aliphatic heterocycles. The van der Waals surface area contributed by atoms with E-state index in [1.165, 1.54) is 0 Å². The van der Waals surface area contributed by atoms with E-state index < -0.39 is 10.0 Å². The molecule has 2 aromatic rings. The lowest BCUT2D eigenvalue weighted by molar-refractivity contribution is 0.114. The summed E-state index contributed by atoms with van der Waals surface area (Å²) in [5.74, 6) is 0.535. The van der Waals surface area contributed by atoms with Gasteiger partial charge in [-0.1, -0.05) is 12.1 Å². The predicted molar refractivity (Wildman–Crippen MR) is 90.0 cm³/mol. The van der Waals surface area contributed by atoms with Crippen molar-refractivity contribution < 1.29 is 13.2 Å². The average molecular weight is 348 g/mol. The Balaban J connectivity index is 1.56. The van der Waals surface area contributed by atoms with Crippen molar-refractivity contribution in [3.63, 3.8) is 0 Å². The number of rotatable bonds is 7. The third kappa shape index (κ3) is 4.50. The first kappa shape index (κ1) is 16.8. The second kappa shape index (κ2) is 7.69. The van der Waals surface area contributed by atoms with E-state index >= 15 is 0 Å². The van der Waals surface area contributed by atoms with Gasteiger partial charge in [0.1, 0.15) is 0 Å². The molecule has 1 fully saturated rings. The third-order valence-corrected chi connectivity index (χ3v) is 5.21. The van der Waals surface area contributed by atoms with Gasteiger partial charge in [-0.3, -0.25) is 0 Å². The van der Waals surface area contributed by atoms with Crippen LogP contribution in [0.2, 0.25) is 0 Å². The summed E-state index contributed by atoms with van der Waals surface area (Å²) >= 11 is 0. The standard InChI is InChI=1S/C16H20N4O3S/c21-24(22,20-12-14-3-1-10-23-14)15-6-4-13(5-7-15)11-19-16-17-8-2-9-18-16/h2,4-9,14,20H,1,3,10-12H2,(H,17,18,19)/t14-/m0/s1. The molecule has 1 aromatic heterocycles. The number of anilines is 1. The van der Waals surface area contributed by atoms with Gasteiger partial charge in [-0.2, -0.15) is 0 Å². The zero-order valence-electron chi connectivity index (χ0n) is 13.2. The molecule has 2 heterocycles. The Hall–Kier alpha value is -2.03. The van der Waals surface area contributed by atoms with Gasteiger partial charge >= 0.3 is 0 Å². The summed E-state index contributed by atoms with van der Waals surface area (Å²) in [6, 6.07) is 8.49. The Labute approximate surface area is 141 Å². The first-order valence-electron chi connectivity index (χ1n) is 7.84. The van der Waals surface area contributed by atoms with Crippen LogP contribution < -0.4 is 10.0 Å². The lowest BCUT2D eigenvalue weighted by Crippen LogP contribution is -2.31. The van der Waals surface area contributed by atoms with Crippen LogP contribution in [0.25, 0.3) is 0 Å². The van der Waals surface area contributed by atoms with E-state index in [0.29, 0.717) is 25.6 Å². The van der Waals surface area contributed by atoms with Crippen LogP contribution in [-0.4, -0.2) is 37.6 Å². The predicted octanol–water partition coefficient (Wildman–Crippen LogP) is 1.55. The molecule has 0 amide bonds. The molecular formula is C16H20N4O3S. The van der Waals surface area contributed by atoms with Gasteiger partial charge in [0.2, 0.25) is 16.0 Å². The van der Waals surface area contributed by atoms with E-state index in [1.54, 1.807) is 42.7 Å². The normalized spacial score (nSPS) is 17.8. The molecule has 3 rings (SSSR count).